The lowest BCUT2D eigenvalue weighted by molar-refractivity contribution is -0.167. The Morgan fingerprint density at radius 2 is 1.07 bits per heavy atom. The van der Waals surface area contributed by atoms with Gasteiger partial charge in [-0.25, -0.2) is 0 Å². The van der Waals surface area contributed by atoms with E-state index in [0.29, 0.717) is 25.7 Å². The summed E-state index contributed by atoms with van der Waals surface area (Å²) in [5.74, 6) is -1.62. The molecule has 0 fully saturated rings. The Bertz CT molecular complexity index is 1070. The smallest absolute Gasteiger partial charge is 0.320 e. The summed E-state index contributed by atoms with van der Waals surface area (Å²) >= 11 is 0. The molecule has 0 aromatic carbocycles. The van der Waals surface area contributed by atoms with Crippen LogP contribution in [0.3, 0.4) is 0 Å². The molecule has 0 amide bonds. The monoisotopic (exact) mass is 600 g/mol. The first-order valence-electron chi connectivity index (χ1n) is 16.0. The first kappa shape index (κ1) is 36.7. The fraction of sp³-hybridized carbons (Fsp3) is 0.730. The number of unbranched alkanes of at least 4 members (excludes halogenated alkanes) is 1. The van der Waals surface area contributed by atoms with Gasteiger partial charge in [0.1, 0.15) is 24.7 Å². The van der Waals surface area contributed by atoms with Gasteiger partial charge >= 0.3 is 11.9 Å². The highest BCUT2D eigenvalue weighted by Gasteiger charge is 2.47. The van der Waals surface area contributed by atoms with Crippen molar-refractivity contribution < 1.29 is 29.3 Å². The van der Waals surface area contributed by atoms with Crippen LogP contribution >= 0.6 is 0 Å². The molecule has 244 valence electrons. The van der Waals surface area contributed by atoms with Crippen LogP contribution in [0.25, 0.3) is 0 Å². The van der Waals surface area contributed by atoms with Crippen LogP contribution < -0.4 is 0 Å². The van der Waals surface area contributed by atoms with E-state index in [2.05, 4.69) is 95.2 Å². The van der Waals surface area contributed by atoms with Gasteiger partial charge in [-0.15, -0.1) is 0 Å². The summed E-state index contributed by atoms with van der Waals surface area (Å²) in [7, 11) is 0. The Morgan fingerprint density at radius 3 is 1.35 bits per heavy atom. The molecule has 0 saturated heterocycles. The summed E-state index contributed by atoms with van der Waals surface area (Å²) in [6, 6.07) is 0. The quantitative estimate of drug-likeness (QED) is 0.202. The van der Waals surface area contributed by atoms with E-state index in [4.69, 9.17) is 9.47 Å². The van der Waals surface area contributed by atoms with Crippen LogP contribution in [0.2, 0.25) is 0 Å². The molecular weight excluding hydrogens is 540 g/mol. The number of aliphatic hydroxyl groups is 2. The number of ether oxygens (including phenoxy) is 2. The summed E-state index contributed by atoms with van der Waals surface area (Å²) in [4.78, 5) is 27.3. The first-order valence-corrected chi connectivity index (χ1v) is 16.0. The largest absolute Gasteiger partial charge is 0.508 e. The van der Waals surface area contributed by atoms with Crippen molar-refractivity contribution in [2.45, 2.75) is 122 Å². The van der Waals surface area contributed by atoms with Gasteiger partial charge in [-0.1, -0.05) is 115 Å². The molecule has 0 saturated carbocycles. The molecule has 0 aromatic rings. The van der Waals surface area contributed by atoms with Crippen molar-refractivity contribution in [1.29, 1.82) is 0 Å². The van der Waals surface area contributed by atoms with E-state index in [9.17, 15) is 19.8 Å². The van der Waals surface area contributed by atoms with Crippen molar-refractivity contribution in [3.8, 4) is 0 Å². The highest BCUT2D eigenvalue weighted by molar-refractivity contribution is 5.95. The number of carbonyl (C=O) groups is 2. The van der Waals surface area contributed by atoms with Gasteiger partial charge < -0.3 is 19.7 Å². The molecule has 2 unspecified atom stereocenters. The zero-order valence-electron chi connectivity index (χ0n) is 29.4. The Kier molecular flexibility index (Phi) is 11.0. The lowest BCUT2D eigenvalue weighted by atomic mass is 9.61. The number of carbonyl (C=O) groups excluding carboxylic acids is 2. The summed E-state index contributed by atoms with van der Waals surface area (Å²) in [6.07, 6.45) is 10.7. The number of hydrogen-bond acceptors (Lipinski definition) is 6. The predicted molar refractivity (Wildman–Crippen MR) is 174 cm³/mol. The lowest BCUT2D eigenvalue weighted by Gasteiger charge is -2.45. The molecule has 6 nitrogen and oxygen atoms in total. The molecule has 2 aliphatic carbocycles. The Labute approximate surface area is 261 Å². The second kappa shape index (κ2) is 12.9. The first-order chi connectivity index (χ1) is 19.4. The molecule has 0 aromatic heterocycles. The van der Waals surface area contributed by atoms with Crippen molar-refractivity contribution in [3.63, 3.8) is 0 Å². The van der Waals surface area contributed by atoms with Crippen LogP contribution in [-0.4, -0.2) is 35.4 Å². The maximum Gasteiger partial charge on any atom is 0.320 e. The predicted octanol–water partition coefficient (Wildman–Crippen LogP) is 9.58. The molecule has 0 radical (unpaired) electrons. The molecular formula is C37H60O6. The fourth-order valence-corrected chi connectivity index (χ4v) is 5.82. The molecule has 0 bridgehead atoms. The SMILES string of the molecule is CCCCC(C(=O)OCC1(C(C)(C)C)C=C(C(C)(C)C)C(O)=CC1)C(=O)OCC1(C(C)(C)C)C=C(C(C)(C)C)C(O)=CC1. The van der Waals surface area contributed by atoms with Crippen LogP contribution in [0, 0.1) is 38.4 Å². The van der Waals surface area contributed by atoms with Crippen molar-refractivity contribution in [2.24, 2.45) is 38.4 Å². The lowest BCUT2D eigenvalue weighted by Crippen LogP contribution is -2.43. The third kappa shape index (κ3) is 8.36. The van der Waals surface area contributed by atoms with Crippen molar-refractivity contribution >= 4 is 11.9 Å². The minimum atomic E-state index is -1.02. The third-order valence-electron chi connectivity index (χ3n) is 9.68. The molecule has 0 spiro atoms. The van der Waals surface area contributed by atoms with E-state index < -0.39 is 28.7 Å². The second-order valence-corrected chi connectivity index (χ2v) is 16.9. The van der Waals surface area contributed by atoms with Gasteiger partial charge in [0.15, 0.2) is 5.92 Å². The van der Waals surface area contributed by atoms with Gasteiger partial charge in [0.25, 0.3) is 0 Å². The second-order valence-electron chi connectivity index (χ2n) is 16.9. The van der Waals surface area contributed by atoms with Crippen LogP contribution in [0.4, 0.5) is 0 Å². The van der Waals surface area contributed by atoms with Gasteiger partial charge in [-0.3, -0.25) is 9.59 Å². The van der Waals surface area contributed by atoms with E-state index in [1.807, 2.05) is 19.1 Å². The van der Waals surface area contributed by atoms with E-state index in [-0.39, 0.29) is 46.4 Å². The van der Waals surface area contributed by atoms with Crippen molar-refractivity contribution in [1.82, 2.24) is 0 Å². The van der Waals surface area contributed by atoms with E-state index in [1.165, 1.54) is 0 Å². The molecule has 0 aliphatic heterocycles. The van der Waals surface area contributed by atoms with Gasteiger partial charge in [-0.05, 0) is 64.2 Å². The molecule has 43 heavy (non-hydrogen) atoms. The molecule has 2 aliphatic rings. The highest BCUT2D eigenvalue weighted by atomic mass is 16.6. The molecule has 2 N–H and O–H groups in total. The standard InChI is InChI=1S/C37H60O6/c1-14-15-16-25(30(40)42-23-36(34(8,9)10)19-17-28(38)26(21-36)32(2,3)4)31(41)43-24-37(35(11,12)13)20-18-29(39)27(22-37)33(5,6)7/h17-18,21-22,25,38-39H,14-16,19-20,23-24H2,1-13H3. The number of aliphatic hydroxyl groups excluding tert-OH is 2. The van der Waals surface area contributed by atoms with Gasteiger partial charge in [0, 0.05) is 10.8 Å². The van der Waals surface area contributed by atoms with Gasteiger partial charge in [0.2, 0.25) is 0 Å². The van der Waals surface area contributed by atoms with Crippen molar-refractivity contribution in [3.05, 3.63) is 47.0 Å². The molecule has 2 rings (SSSR count). The topological polar surface area (TPSA) is 93.1 Å². The minimum absolute atomic E-state index is 0.0995. The van der Waals surface area contributed by atoms with Crippen molar-refractivity contribution in [2.75, 3.05) is 13.2 Å². The van der Waals surface area contributed by atoms with E-state index in [1.54, 1.807) is 0 Å². The summed E-state index contributed by atoms with van der Waals surface area (Å²) in [6.45, 7) is 27.2. The third-order valence-corrected chi connectivity index (χ3v) is 9.68. The van der Waals surface area contributed by atoms with Crippen LogP contribution in [0.15, 0.2) is 47.0 Å². The fourth-order valence-electron chi connectivity index (χ4n) is 5.82. The van der Waals surface area contributed by atoms with Gasteiger partial charge in [0.05, 0.1) is 0 Å². The average molecular weight is 601 g/mol. The molecule has 6 heteroatoms. The maximum absolute atomic E-state index is 13.6. The molecule has 0 heterocycles. The number of hydrogen-bond donors (Lipinski definition) is 2. The minimum Gasteiger partial charge on any atom is -0.508 e. The van der Waals surface area contributed by atoms with E-state index >= 15 is 0 Å². The summed E-state index contributed by atoms with van der Waals surface area (Å²) in [5.41, 5.74) is -0.569. The highest BCUT2D eigenvalue weighted by Crippen LogP contribution is 2.51. The van der Waals surface area contributed by atoms with Crippen LogP contribution in [0.1, 0.15) is 122 Å². The Morgan fingerprint density at radius 1 is 0.721 bits per heavy atom. The number of rotatable bonds is 9. The summed E-state index contributed by atoms with van der Waals surface area (Å²) < 4.78 is 12.0. The maximum atomic E-state index is 13.6. The molecule has 2 atom stereocenters. The summed E-state index contributed by atoms with van der Waals surface area (Å²) in [5, 5.41) is 21.3. The van der Waals surface area contributed by atoms with Crippen LogP contribution in [-0.2, 0) is 19.1 Å². The normalized spacial score (nSPS) is 24.3. The average Bonchev–Trinajstić information content (AvgIpc) is 2.85. The van der Waals surface area contributed by atoms with Crippen LogP contribution in [0.5, 0.6) is 0 Å². The van der Waals surface area contributed by atoms with E-state index in [0.717, 1.165) is 17.6 Å². The zero-order valence-corrected chi connectivity index (χ0v) is 29.4. The zero-order chi connectivity index (χ0) is 33.2. The Hall–Kier alpha value is -2.50. The Balaban J connectivity index is 2.34. The number of esters is 2. The number of allylic oxidation sites excluding steroid dienone is 4. The van der Waals surface area contributed by atoms with Gasteiger partial charge in [-0.2, -0.15) is 0 Å².